The van der Waals surface area contributed by atoms with Gasteiger partial charge in [-0.1, -0.05) is 42.1 Å². The van der Waals surface area contributed by atoms with Gasteiger partial charge in [0, 0.05) is 0 Å². The van der Waals surface area contributed by atoms with Crippen molar-refractivity contribution in [2.24, 2.45) is 0 Å². The van der Waals surface area contributed by atoms with Gasteiger partial charge < -0.3 is 0 Å². The summed E-state index contributed by atoms with van der Waals surface area (Å²) in [5, 5.41) is 0. The van der Waals surface area contributed by atoms with Crippen LogP contribution in [0, 0.1) is 0 Å². The minimum atomic E-state index is 0. The van der Waals surface area contributed by atoms with E-state index in [4.69, 9.17) is 0 Å². The van der Waals surface area contributed by atoms with E-state index >= 15 is 0 Å². The zero-order chi connectivity index (χ0) is 0. The van der Waals surface area contributed by atoms with Crippen molar-refractivity contribution in [1.82, 2.24) is 0 Å². The van der Waals surface area contributed by atoms with Gasteiger partial charge in [-0.15, -0.1) is 0 Å². The third-order valence-electron chi connectivity index (χ3n) is 0. The summed E-state index contributed by atoms with van der Waals surface area (Å²) >= 11 is 0. The molecule has 0 aliphatic carbocycles. The molecule has 0 nitrogen and oxygen atoms in total. The molecule has 0 unspecified atom stereocenters. The first-order chi connectivity index (χ1) is 0. The van der Waals surface area contributed by atoms with Crippen LogP contribution in [0.4, 0.5) is 0 Å². The maximum atomic E-state index is 0. The van der Waals surface area contributed by atoms with Gasteiger partial charge in [0.05, 0.1) is 0 Å². The SMILES string of the molecule is [BH4-].[BH4-].[BH4-].[BH4-].[BH4-].[Li+].[Zr+4]. The van der Waals surface area contributed by atoms with Crippen LogP contribution in [-0.4, -0.2) is 42.1 Å². The molecule has 0 aromatic rings. The summed E-state index contributed by atoms with van der Waals surface area (Å²) in [4.78, 5) is 0. The van der Waals surface area contributed by atoms with Crippen LogP contribution in [0.1, 0.15) is 0 Å². The van der Waals surface area contributed by atoms with Gasteiger partial charge in [-0.3, -0.25) is 0 Å². The van der Waals surface area contributed by atoms with Crippen molar-refractivity contribution in [2.45, 2.75) is 0 Å². The second-order valence-electron chi connectivity index (χ2n) is 0. The van der Waals surface area contributed by atoms with E-state index in [1.165, 1.54) is 0 Å². The van der Waals surface area contributed by atoms with Crippen molar-refractivity contribution < 1.29 is 45.1 Å². The molecular formula is H20B5LiZr. The molecule has 0 aromatic carbocycles. The maximum absolute atomic E-state index is 0. The van der Waals surface area contributed by atoms with Gasteiger partial charge in [-0.25, -0.2) is 0 Å². The minimum Gasteiger partial charge on any atom is -0.0626 e. The van der Waals surface area contributed by atoms with Gasteiger partial charge in [-0.2, -0.15) is 0 Å². The van der Waals surface area contributed by atoms with Gasteiger partial charge in [0.25, 0.3) is 0 Å². The molecule has 0 saturated carbocycles. The molecule has 0 N–H and O–H groups in total. The van der Waals surface area contributed by atoms with Gasteiger partial charge in [-0.05, 0) is 0 Å². The van der Waals surface area contributed by atoms with E-state index in [1.807, 2.05) is 0 Å². The van der Waals surface area contributed by atoms with Crippen molar-refractivity contribution in [1.29, 1.82) is 0 Å². The summed E-state index contributed by atoms with van der Waals surface area (Å²) in [7, 11) is 0. The van der Waals surface area contributed by atoms with E-state index < -0.39 is 0 Å². The van der Waals surface area contributed by atoms with Gasteiger partial charge >= 0.3 is 45.1 Å². The summed E-state index contributed by atoms with van der Waals surface area (Å²) in [5.41, 5.74) is 0. The van der Waals surface area contributed by atoms with Crippen LogP contribution in [0.15, 0.2) is 0 Å². The molecular weight excluding hydrogens is 152 g/mol. The Hall–Kier alpha value is 1.81. The fraction of sp³-hybridized carbons (Fsp3) is 0. The molecule has 40 valence electrons. The van der Waals surface area contributed by atoms with Crippen molar-refractivity contribution in [3.05, 3.63) is 0 Å². The third kappa shape index (κ3) is 80.7. The van der Waals surface area contributed by atoms with Crippen LogP contribution in [0.5, 0.6) is 0 Å². The van der Waals surface area contributed by atoms with Crippen molar-refractivity contribution in [2.75, 3.05) is 0 Å². The van der Waals surface area contributed by atoms with E-state index in [2.05, 4.69) is 0 Å². The van der Waals surface area contributed by atoms with Gasteiger partial charge in [0.2, 0.25) is 0 Å². The Balaban J connectivity index is 0. The smallest absolute Gasteiger partial charge is 0.0626 e. The first-order valence-corrected chi connectivity index (χ1v) is 0. The second kappa shape index (κ2) is 111. The Morgan fingerprint density at radius 2 is 0.429 bits per heavy atom. The van der Waals surface area contributed by atoms with E-state index in [-0.39, 0.29) is 87.1 Å². The fourth-order valence-corrected chi connectivity index (χ4v) is 0. The van der Waals surface area contributed by atoms with E-state index in [0.717, 1.165) is 0 Å². The van der Waals surface area contributed by atoms with E-state index in [1.54, 1.807) is 0 Å². The van der Waals surface area contributed by atoms with Crippen LogP contribution in [0.25, 0.3) is 0 Å². The molecule has 0 aliphatic heterocycles. The Kier molecular flexibility index (Phi) is 2610. The number of rotatable bonds is 0. The monoisotopic (exact) mass is 172 g/mol. The van der Waals surface area contributed by atoms with Crippen molar-refractivity contribution in [3.63, 3.8) is 0 Å². The van der Waals surface area contributed by atoms with E-state index in [0.29, 0.717) is 0 Å². The fourth-order valence-electron chi connectivity index (χ4n) is 0. The standard InChI is InChI=1S/5BH4.Li.Zr/h5*1H4;;/q5*-1;+1;+4. The zero-order valence-corrected chi connectivity index (χ0v) is 3.96. The summed E-state index contributed by atoms with van der Waals surface area (Å²) < 4.78 is 0. The average Bonchev–Trinajstić information content (AvgIpc) is 0. The first kappa shape index (κ1) is 165. The molecule has 0 rings (SSSR count). The Morgan fingerprint density at radius 1 is 0.429 bits per heavy atom. The summed E-state index contributed by atoms with van der Waals surface area (Å²) in [6.07, 6.45) is 0. The molecule has 0 spiro atoms. The molecule has 0 fully saturated rings. The third-order valence-corrected chi connectivity index (χ3v) is 0. The summed E-state index contributed by atoms with van der Waals surface area (Å²) in [6, 6.07) is 0. The van der Waals surface area contributed by atoms with Crippen LogP contribution >= 0.6 is 0 Å². The zero-order valence-electron chi connectivity index (χ0n) is 1.50. The minimum absolute atomic E-state index is 0. The molecule has 0 aliphatic rings. The Bertz CT molecular complexity index is 8.04. The molecule has 0 radical (unpaired) electrons. The molecule has 0 saturated heterocycles. The molecule has 7 heteroatoms. The largest absolute Gasteiger partial charge is 4.00 e. The quantitative estimate of drug-likeness (QED) is 0.318. The number of hydrogen-bond acceptors (Lipinski definition) is 0. The summed E-state index contributed by atoms with van der Waals surface area (Å²) in [5.74, 6) is 0. The summed E-state index contributed by atoms with van der Waals surface area (Å²) in [6.45, 7) is 0. The molecule has 0 amide bonds. The molecule has 7 heavy (non-hydrogen) atoms. The normalized spacial score (nSPS) is 0. The molecule has 0 aromatic heterocycles. The average molecular weight is 172 g/mol. The topological polar surface area (TPSA) is 0 Å². The van der Waals surface area contributed by atoms with Crippen LogP contribution in [0.3, 0.4) is 0 Å². The van der Waals surface area contributed by atoms with Gasteiger partial charge in [0.1, 0.15) is 0 Å². The Labute approximate surface area is 86.5 Å². The molecule has 0 atom stereocenters. The molecule has 0 heterocycles. The van der Waals surface area contributed by atoms with E-state index in [9.17, 15) is 0 Å². The van der Waals surface area contributed by atoms with Crippen LogP contribution in [-0.2, 0) is 26.2 Å². The van der Waals surface area contributed by atoms with Gasteiger partial charge in [0.15, 0.2) is 0 Å². The van der Waals surface area contributed by atoms with Crippen LogP contribution in [0.2, 0.25) is 0 Å². The maximum Gasteiger partial charge on any atom is 4.00 e. The predicted octanol–water partition coefficient (Wildman–Crippen LogP) is -10.3. The predicted molar refractivity (Wildman–Crippen MR) is 56.7 cm³/mol. The van der Waals surface area contributed by atoms with Crippen molar-refractivity contribution >= 4 is 42.1 Å². The van der Waals surface area contributed by atoms with Crippen molar-refractivity contribution in [3.8, 4) is 0 Å². The molecule has 0 bridgehead atoms. The number of hydrogen-bond donors (Lipinski definition) is 0. The first-order valence-electron chi connectivity index (χ1n) is 0. The second-order valence-corrected chi connectivity index (χ2v) is 0. The van der Waals surface area contributed by atoms with Crippen LogP contribution < -0.4 is 18.9 Å². The Morgan fingerprint density at radius 3 is 0.429 bits per heavy atom.